The topological polar surface area (TPSA) is 178 Å². The van der Waals surface area contributed by atoms with Crippen LogP contribution in [0.3, 0.4) is 0 Å². The van der Waals surface area contributed by atoms with Crippen LogP contribution < -0.4 is 21.1 Å². The summed E-state index contributed by atoms with van der Waals surface area (Å²) in [6.07, 6.45) is 0. The van der Waals surface area contributed by atoms with E-state index in [1.807, 2.05) is 11.0 Å². The Labute approximate surface area is 238 Å². The standard InChI is InChI=1S/C28H31N7O5S/c1-34-13-15-35(16-14-34)26(29)21-3-2-4-23(17-21)33-28(38)32-22-9-7-20(8-10-22)25(36)27(37)31-18-19-5-11-24(12-6-19)41(30,39)40/h2-12,17,29H,13-16,18H2,1H3,(H,31,37)(H2,30,39,40)(H2,32,33,38). The minimum atomic E-state index is -3.82. The molecular weight excluding hydrogens is 546 g/mol. The van der Waals surface area contributed by atoms with Crippen LogP contribution in [0.4, 0.5) is 16.2 Å². The third-order valence-corrected chi connectivity index (χ3v) is 7.46. The van der Waals surface area contributed by atoms with E-state index >= 15 is 0 Å². The zero-order chi connectivity index (χ0) is 29.6. The number of hydrogen-bond acceptors (Lipinski definition) is 7. The fourth-order valence-corrected chi connectivity index (χ4v) is 4.66. The molecule has 4 rings (SSSR count). The first kappa shape index (κ1) is 29.4. The number of piperazine rings is 1. The predicted molar refractivity (Wildman–Crippen MR) is 155 cm³/mol. The van der Waals surface area contributed by atoms with E-state index in [9.17, 15) is 22.8 Å². The van der Waals surface area contributed by atoms with Crippen LogP contribution in [0.25, 0.3) is 0 Å². The summed E-state index contributed by atoms with van der Waals surface area (Å²) >= 11 is 0. The van der Waals surface area contributed by atoms with Gasteiger partial charge in [0.2, 0.25) is 15.8 Å². The van der Waals surface area contributed by atoms with E-state index in [1.165, 1.54) is 48.5 Å². The Balaban J connectivity index is 1.28. The number of anilines is 2. The molecule has 1 heterocycles. The SMILES string of the molecule is CN1CCN(C(=N)c2cccc(NC(=O)Nc3ccc(C(=O)C(=O)NCc4ccc(S(N)(=O)=O)cc4)cc3)c2)CC1. The number of carbonyl (C=O) groups is 3. The number of carbonyl (C=O) groups excluding carboxylic acids is 3. The second-order valence-electron chi connectivity index (χ2n) is 9.58. The lowest BCUT2D eigenvalue weighted by molar-refractivity contribution is -0.117. The van der Waals surface area contributed by atoms with Gasteiger partial charge in [0.05, 0.1) is 4.90 Å². The monoisotopic (exact) mass is 577 g/mol. The normalized spacial score (nSPS) is 13.8. The summed E-state index contributed by atoms with van der Waals surface area (Å²) in [5.74, 6) is -1.19. The molecule has 0 aliphatic carbocycles. The van der Waals surface area contributed by atoms with Crippen molar-refractivity contribution in [2.75, 3.05) is 43.9 Å². The van der Waals surface area contributed by atoms with Crippen LogP contribution in [0.2, 0.25) is 0 Å². The molecule has 0 spiro atoms. The molecule has 0 saturated carbocycles. The van der Waals surface area contributed by atoms with Gasteiger partial charge in [-0.05, 0) is 61.1 Å². The van der Waals surface area contributed by atoms with Crippen molar-refractivity contribution in [3.8, 4) is 0 Å². The second-order valence-corrected chi connectivity index (χ2v) is 11.1. The molecule has 1 saturated heterocycles. The largest absolute Gasteiger partial charge is 0.354 e. The first-order valence-corrected chi connectivity index (χ1v) is 14.3. The Hall–Kier alpha value is -4.59. The zero-order valence-electron chi connectivity index (χ0n) is 22.4. The summed E-state index contributed by atoms with van der Waals surface area (Å²) < 4.78 is 22.7. The number of primary sulfonamides is 1. The van der Waals surface area contributed by atoms with Gasteiger partial charge in [-0.3, -0.25) is 15.0 Å². The summed E-state index contributed by atoms with van der Waals surface area (Å²) in [7, 11) is -1.77. The third kappa shape index (κ3) is 7.97. The average Bonchev–Trinajstić information content (AvgIpc) is 2.96. The Morgan fingerprint density at radius 3 is 2.12 bits per heavy atom. The Kier molecular flexibility index (Phi) is 9.12. The maximum Gasteiger partial charge on any atom is 0.323 e. The molecule has 0 bridgehead atoms. The zero-order valence-corrected chi connectivity index (χ0v) is 23.2. The summed E-state index contributed by atoms with van der Waals surface area (Å²) in [4.78, 5) is 41.6. The van der Waals surface area contributed by atoms with Crippen molar-refractivity contribution in [1.82, 2.24) is 15.1 Å². The second kappa shape index (κ2) is 12.7. The first-order chi connectivity index (χ1) is 19.5. The van der Waals surface area contributed by atoms with Crippen molar-refractivity contribution in [3.63, 3.8) is 0 Å². The molecule has 0 radical (unpaired) electrons. The van der Waals surface area contributed by atoms with Crippen molar-refractivity contribution >= 4 is 45.0 Å². The molecular formula is C28H31N7O5S. The molecule has 12 nitrogen and oxygen atoms in total. The van der Waals surface area contributed by atoms with E-state index in [-0.39, 0.29) is 17.0 Å². The Morgan fingerprint density at radius 2 is 1.49 bits per heavy atom. The number of ketones is 1. The Morgan fingerprint density at radius 1 is 0.854 bits per heavy atom. The lowest BCUT2D eigenvalue weighted by Gasteiger charge is -2.34. The van der Waals surface area contributed by atoms with Gasteiger partial charge < -0.3 is 25.8 Å². The van der Waals surface area contributed by atoms with Crippen molar-refractivity contribution in [2.24, 2.45) is 5.14 Å². The molecule has 3 amide bonds. The van der Waals surface area contributed by atoms with Gasteiger partial charge in [0.1, 0.15) is 5.84 Å². The summed E-state index contributed by atoms with van der Waals surface area (Å²) in [5, 5.41) is 21.5. The smallest absolute Gasteiger partial charge is 0.323 e. The van der Waals surface area contributed by atoms with Crippen LogP contribution in [-0.4, -0.2) is 75.0 Å². The number of amides is 3. The van der Waals surface area contributed by atoms with Gasteiger partial charge in [-0.25, -0.2) is 18.4 Å². The fraction of sp³-hybridized carbons (Fsp3) is 0.214. The first-order valence-electron chi connectivity index (χ1n) is 12.7. The molecule has 13 heteroatoms. The molecule has 3 aromatic carbocycles. The molecule has 3 aromatic rings. The lowest BCUT2D eigenvalue weighted by atomic mass is 10.1. The van der Waals surface area contributed by atoms with Crippen LogP contribution >= 0.6 is 0 Å². The number of likely N-dealkylation sites (N-methyl/N-ethyl adjacent to an activating group) is 1. The molecule has 1 aliphatic rings. The predicted octanol–water partition coefficient (Wildman–Crippen LogP) is 2.05. The highest BCUT2D eigenvalue weighted by Gasteiger charge is 2.19. The van der Waals surface area contributed by atoms with Crippen LogP contribution in [0.15, 0.2) is 77.7 Å². The molecule has 1 aliphatic heterocycles. The minimum Gasteiger partial charge on any atom is -0.354 e. The molecule has 41 heavy (non-hydrogen) atoms. The molecule has 1 fully saturated rings. The number of hydrogen-bond donors (Lipinski definition) is 5. The molecule has 214 valence electrons. The maximum absolute atomic E-state index is 12.6. The Bertz CT molecular complexity index is 1550. The van der Waals surface area contributed by atoms with Crippen LogP contribution in [0, 0.1) is 5.41 Å². The van der Waals surface area contributed by atoms with E-state index in [4.69, 9.17) is 10.5 Å². The van der Waals surface area contributed by atoms with Crippen molar-refractivity contribution in [1.29, 1.82) is 5.41 Å². The van der Waals surface area contributed by atoms with Gasteiger partial charge >= 0.3 is 6.03 Å². The van der Waals surface area contributed by atoms with Crippen LogP contribution in [-0.2, 0) is 21.4 Å². The van der Waals surface area contributed by atoms with E-state index in [0.29, 0.717) is 28.3 Å². The van der Waals surface area contributed by atoms with E-state index in [0.717, 1.165) is 26.2 Å². The van der Waals surface area contributed by atoms with Gasteiger partial charge in [0, 0.05) is 55.2 Å². The van der Waals surface area contributed by atoms with Gasteiger partial charge in [-0.1, -0.05) is 24.3 Å². The quantitative estimate of drug-likeness (QED) is 0.118. The maximum atomic E-state index is 12.6. The minimum absolute atomic E-state index is 0.0192. The molecule has 6 N–H and O–H groups in total. The van der Waals surface area contributed by atoms with E-state index in [2.05, 4.69) is 27.9 Å². The van der Waals surface area contributed by atoms with Gasteiger partial charge in [0.15, 0.2) is 0 Å². The fourth-order valence-electron chi connectivity index (χ4n) is 4.15. The van der Waals surface area contributed by atoms with Crippen molar-refractivity contribution in [2.45, 2.75) is 11.4 Å². The average molecular weight is 578 g/mol. The number of amidine groups is 1. The number of nitrogens with two attached hydrogens (primary N) is 1. The van der Waals surface area contributed by atoms with Crippen LogP contribution in [0.1, 0.15) is 21.5 Å². The highest BCUT2D eigenvalue weighted by molar-refractivity contribution is 7.89. The van der Waals surface area contributed by atoms with Crippen molar-refractivity contribution < 1.29 is 22.8 Å². The van der Waals surface area contributed by atoms with E-state index < -0.39 is 27.7 Å². The van der Waals surface area contributed by atoms with E-state index in [1.54, 1.807) is 18.2 Å². The summed E-state index contributed by atoms with van der Waals surface area (Å²) in [6, 6.07) is 18.1. The van der Waals surface area contributed by atoms with Gasteiger partial charge in [-0.2, -0.15) is 0 Å². The van der Waals surface area contributed by atoms with Gasteiger partial charge in [0.25, 0.3) is 5.91 Å². The highest BCUT2D eigenvalue weighted by atomic mass is 32.2. The summed E-state index contributed by atoms with van der Waals surface area (Å²) in [5.41, 5.74) is 2.37. The van der Waals surface area contributed by atoms with Gasteiger partial charge in [-0.15, -0.1) is 0 Å². The summed E-state index contributed by atoms with van der Waals surface area (Å²) in [6.45, 7) is 3.33. The lowest BCUT2D eigenvalue weighted by Crippen LogP contribution is -2.47. The number of nitrogens with zero attached hydrogens (tertiary/aromatic N) is 2. The molecule has 0 atom stereocenters. The number of urea groups is 1. The molecule has 0 unspecified atom stereocenters. The van der Waals surface area contributed by atoms with Crippen molar-refractivity contribution in [3.05, 3.63) is 89.5 Å². The number of rotatable bonds is 8. The molecule has 0 aromatic heterocycles. The number of Topliss-reactive ketones (excluding diaryl/α,β-unsaturated/α-hetero) is 1. The third-order valence-electron chi connectivity index (χ3n) is 6.53. The van der Waals surface area contributed by atoms with Crippen LogP contribution in [0.5, 0.6) is 0 Å². The number of benzene rings is 3. The number of sulfonamides is 1. The number of nitrogens with one attached hydrogen (secondary N) is 4. The highest BCUT2D eigenvalue weighted by Crippen LogP contribution is 2.16.